The van der Waals surface area contributed by atoms with Crippen molar-refractivity contribution in [1.29, 1.82) is 0 Å². The zero-order chi connectivity index (χ0) is 23.5. The lowest BCUT2D eigenvalue weighted by atomic mass is 9.80. The van der Waals surface area contributed by atoms with Crippen molar-refractivity contribution in [2.24, 2.45) is 13.0 Å². The lowest BCUT2D eigenvalue weighted by Gasteiger charge is -2.36. The number of aryl methyl sites for hydroxylation is 2. The Hall–Kier alpha value is -1.92. The molecule has 1 amide bonds. The highest BCUT2D eigenvalue weighted by atomic mass is 79.9. The maximum Gasteiger partial charge on any atom is 0.250 e. The van der Waals surface area contributed by atoms with Crippen LogP contribution in [-0.4, -0.2) is 34.5 Å². The molecule has 2 heterocycles. The molecule has 33 heavy (non-hydrogen) atoms. The molecule has 1 aliphatic heterocycles. The Balaban J connectivity index is 1.58. The zero-order valence-corrected chi connectivity index (χ0v) is 21.7. The van der Waals surface area contributed by atoms with Gasteiger partial charge < -0.3 is 14.8 Å². The highest BCUT2D eigenvalue weighted by molar-refractivity contribution is 9.10. The number of amides is 1. The molecule has 4 rings (SSSR count). The van der Waals surface area contributed by atoms with Crippen molar-refractivity contribution < 1.29 is 4.79 Å². The fourth-order valence-corrected chi connectivity index (χ4v) is 5.56. The number of unbranched alkanes of at least 4 members (excludes halogenated alkanes) is 1. The van der Waals surface area contributed by atoms with E-state index in [0.29, 0.717) is 19.1 Å². The number of benzene rings is 1. The van der Waals surface area contributed by atoms with E-state index < -0.39 is 0 Å². The molecule has 2 aromatic rings. The van der Waals surface area contributed by atoms with Crippen LogP contribution in [0, 0.1) is 12.8 Å². The summed E-state index contributed by atoms with van der Waals surface area (Å²) < 4.78 is 2.72. The number of carbonyl (C=O) groups excluding carboxylic acids is 1. The van der Waals surface area contributed by atoms with Crippen molar-refractivity contribution >= 4 is 21.8 Å². The van der Waals surface area contributed by atoms with E-state index in [1.54, 1.807) is 17.7 Å². The van der Waals surface area contributed by atoms with Crippen LogP contribution in [0.2, 0.25) is 0 Å². The Bertz CT molecular complexity index is 1060. The molecule has 0 radical (unpaired) electrons. The Morgan fingerprint density at radius 2 is 2.03 bits per heavy atom. The molecule has 0 spiro atoms. The molecule has 2 atom stereocenters. The fourth-order valence-electron chi connectivity index (χ4n) is 5.01. The third-order valence-electron chi connectivity index (χ3n) is 7.29. The SMILES string of the molecule is CCCCc1cc(CN(C(=O)C2CNCCC2c2ccn(C)c(=O)c2)C2CC2)cc(Br)c1C. The lowest BCUT2D eigenvalue weighted by Crippen LogP contribution is -2.47. The van der Waals surface area contributed by atoms with E-state index in [2.05, 4.69) is 52.1 Å². The van der Waals surface area contributed by atoms with Crippen LogP contribution in [0.25, 0.3) is 0 Å². The number of nitrogens with one attached hydrogen (secondary N) is 1. The van der Waals surface area contributed by atoms with Gasteiger partial charge in [-0.2, -0.15) is 0 Å². The molecule has 178 valence electrons. The molecule has 1 saturated heterocycles. The topological polar surface area (TPSA) is 54.3 Å². The van der Waals surface area contributed by atoms with Crippen LogP contribution in [0.4, 0.5) is 0 Å². The highest BCUT2D eigenvalue weighted by Crippen LogP contribution is 2.36. The minimum absolute atomic E-state index is 0.0135. The van der Waals surface area contributed by atoms with E-state index in [4.69, 9.17) is 0 Å². The Kier molecular flexibility index (Phi) is 7.75. The van der Waals surface area contributed by atoms with Crippen molar-refractivity contribution in [3.63, 3.8) is 0 Å². The largest absolute Gasteiger partial charge is 0.335 e. The number of halogens is 1. The van der Waals surface area contributed by atoms with Crippen molar-refractivity contribution in [2.75, 3.05) is 13.1 Å². The van der Waals surface area contributed by atoms with Gasteiger partial charge in [0.15, 0.2) is 0 Å². The predicted octanol–water partition coefficient (Wildman–Crippen LogP) is 4.68. The highest BCUT2D eigenvalue weighted by Gasteiger charge is 2.40. The van der Waals surface area contributed by atoms with Gasteiger partial charge in [-0.05, 0) is 85.9 Å². The summed E-state index contributed by atoms with van der Waals surface area (Å²) in [6.07, 6.45) is 8.28. The first-order valence-corrected chi connectivity index (χ1v) is 13.1. The maximum absolute atomic E-state index is 13.9. The minimum atomic E-state index is -0.139. The number of nitrogens with zero attached hydrogens (tertiary/aromatic N) is 2. The van der Waals surface area contributed by atoms with Gasteiger partial charge in [-0.15, -0.1) is 0 Å². The van der Waals surface area contributed by atoms with Gasteiger partial charge in [-0.25, -0.2) is 0 Å². The predicted molar refractivity (Wildman–Crippen MR) is 136 cm³/mol. The molecule has 1 aromatic carbocycles. The average Bonchev–Trinajstić information content (AvgIpc) is 3.65. The van der Waals surface area contributed by atoms with Gasteiger partial charge >= 0.3 is 0 Å². The van der Waals surface area contributed by atoms with Crippen molar-refractivity contribution in [3.8, 4) is 0 Å². The van der Waals surface area contributed by atoms with Crippen LogP contribution in [0.5, 0.6) is 0 Å². The fraction of sp³-hybridized carbons (Fsp3) is 0.556. The van der Waals surface area contributed by atoms with Gasteiger partial charge in [0.2, 0.25) is 5.91 Å². The molecule has 0 bridgehead atoms. The van der Waals surface area contributed by atoms with Gasteiger partial charge in [0, 0.05) is 42.9 Å². The number of rotatable bonds is 8. The minimum Gasteiger partial charge on any atom is -0.335 e. The first-order valence-electron chi connectivity index (χ1n) is 12.3. The second-order valence-electron chi connectivity index (χ2n) is 9.78. The zero-order valence-electron chi connectivity index (χ0n) is 20.1. The number of piperidine rings is 1. The second kappa shape index (κ2) is 10.6. The first kappa shape index (κ1) is 24.2. The molecule has 1 N–H and O–H groups in total. The molecule has 6 heteroatoms. The van der Waals surface area contributed by atoms with E-state index in [1.807, 2.05) is 12.3 Å². The smallest absolute Gasteiger partial charge is 0.250 e. The summed E-state index contributed by atoms with van der Waals surface area (Å²) in [7, 11) is 1.76. The molecule has 2 aliphatic rings. The van der Waals surface area contributed by atoms with E-state index in [1.165, 1.54) is 29.5 Å². The van der Waals surface area contributed by atoms with Crippen LogP contribution in [0.3, 0.4) is 0 Å². The summed E-state index contributed by atoms with van der Waals surface area (Å²) in [4.78, 5) is 28.3. The number of pyridine rings is 1. The summed E-state index contributed by atoms with van der Waals surface area (Å²) in [6, 6.07) is 8.55. The van der Waals surface area contributed by atoms with Gasteiger partial charge in [-0.1, -0.05) is 35.3 Å². The molecule has 2 unspecified atom stereocenters. The molecule has 1 aromatic heterocycles. The quantitative estimate of drug-likeness (QED) is 0.557. The summed E-state index contributed by atoms with van der Waals surface area (Å²) in [6.45, 7) is 6.59. The van der Waals surface area contributed by atoms with Crippen LogP contribution in [0.1, 0.15) is 67.2 Å². The maximum atomic E-state index is 13.9. The van der Waals surface area contributed by atoms with Gasteiger partial charge in [0.05, 0.1) is 5.92 Å². The Morgan fingerprint density at radius 1 is 1.24 bits per heavy atom. The van der Waals surface area contributed by atoms with Crippen LogP contribution in [-0.2, 0) is 24.8 Å². The Labute approximate surface area is 205 Å². The van der Waals surface area contributed by atoms with E-state index in [-0.39, 0.29) is 23.3 Å². The number of aromatic nitrogens is 1. The van der Waals surface area contributed by atoms with Crippen molar-refractivity contribution in [2.45, 2.75) is 70.9 Å². The van der Waals surface area contributed by atoms with Crippen LogP contribution >= 0.6 is 15.9 Å². The van der Waals surface area contributed by atoms with Crippen LogP contribution in [0.15, 0.2) is 39.7 Å². The van der Waals surface area contributed by atoms with E-state index in [9.17, 15) is 9.59 Å². The van der Waals surface area contributed by atoms with Gasteiger partial charge in [0.1, 0.15) is 0 Å². The van der Waals surface area contributed by atoms with Crippen molar-refractivity contribution in [3.05, 3.63) is 67.5 Å². The summed E-state index contributed by atoms with van der Waals surface area (Å²) in [5, 5.41) is 3.43. The lowest BCUT2D eigenvalue weighted by molar-refractivity contribution is -0.138. The second-order valence-corrected chi connectivity index (χ2v) is 10.6. The average molecular weight is 515 g/mol. The molecule has 5 nitrogen and oxygen atoms in total. The van der Waals surface area contributed by atoms with E-state index >= 15 is 0 Å². The third-order valence-corrected chi connectivity index (χ3v) is 8.11. The molecule has 1 saturated carbocycles. The summed E-state index contributed by atoms with van der Waals surface area (Å²) in [5.74, 6) is 0.167. The van der Waals surface area contributed by atoms with Crippen LogP contribution < -0.4 is 10.9 Å². The summed E-state index contributed by atoms with van der Waals surface area (Å²) in [5.41, 5.74) is 4.86. The molecular weight excluding hydrogens is 478 g/mol. The Morgan fingerprint density at radius 3 is 2.73 bits per heavy atom. The summed E-state index contributed by atoms with van der Waals surface area (Å²) >= 11 is 3.75. The normalized spacial score (nSPS) is 20.6. The molecule has 2 fully saturated rings. The number of hydrogen-bond acceptors (Lipinski definition) is 3. The van der Waals surface area contributed by atoms with Crippen molar-refractivity contribution in [1.82, 2.24) is 14.8 Å². The van der Waals surface area contributed by atoms with Gasteiger partial charge in [0.25, 0.3) is 5.56 Å². The molecule has 1 aliphatic carbocycles. The first-order chi connectivity index (χ1) is 15.9. The monoisotopic (exact) mass is 513 g/mol. The molecular formula is C27H36BrN3O2. The standard InChI is InChI=1S/C27H36BrN3O2/c1-4-5-6-20-13-19(14-25(28)18(20)2)17-31(22-7-8-22)27(33)24-16-29-11-9-23(24)21-10-12-30(3)26(32)15-21/h10,12-15,22-24,29H,4-9,11,16-17H2,1-3H3. The van der Waals surface area contributed by atoms with Gasteiger partial charge in [-0.3, -0.25) is 9.59 Å². The van der Waals surface area contributed by atoms with E-state index in [0.717, 1.165) is 42.3 Å². The number of carbonyl (C=O) groups is 1. The number of hydrogen-bond donors (Lipinski definition) is 1. The third kappa shape index (κ3) is 5.60.